The molecule has 4 nitrogen and oxygen atoms in total. The number of rotatable bonds is 5. The van der Waals surface area contributed by atoms with Crippen LogP contribution in [0.4, 0.5) is 0 Å². The molecule has 0 radical (unpaired) electrons. The van der Waals surface area contributed by atoms with Gasteiger partial charge in [0.2, 0.25) is 0 Å². The third kappa shape index (κ3) is 5.27. The van der Waals surface area contributed by atoms with Gasteiger partial charge in [0.15, 0.2) is 5.82 Å². The molecule has 0 saturated heterocycles. The second-order valence-corrected chi connectivity index (χ2v) is 15.1. The van der Waals surface area contributed by atoms with E-state index in [-0.39, 0.29) is 0 Å². The van der Waals surface area contributed by atoms with E-state index in [2.05, 4.69) is 193 Å². The third-order valence-corrected chi connectivity index (χ3v) is 11.8. The lowest BCUT2D eigenvalue weighted by molar-refractivity contribution is 1.18. The lowest BCUT2D eigenvalue weighted by atomic mass is 9.90. The molecule has 274 valence electrons. The van der Waals surface area contributed by atoms with E-state index in [0.29, 0.717) is 5.82 Å². The van der Waals surface area contributed by atoms with Crippen LogP contribution in [0.25, 0.3) is 116 Å². The van der Waals surface area contributed by atoms with Crippen molar-refractivity contribution in [3.63, 3.8) is 0 Å². The van der Waals surface area contributed by atoms with E-state index in [4.69, 9.17) is 15.0 Å². The molecule has 0 bridgehead atoms. The zero-order valence-electron chi connectivity index (χ0n) is 31.9. The smallest absolute Gasteiger partial charge is 0.160 e. The van der Waals surface area contributed by atoms with Crippen LogP contribution in [0, 0.1) is 0 Å². The van der Waals surface area contributed by atoms with Crippen molar-refractivity contribution < 1.29 is 0 Å². The molecule has 3 heterocycles. The molecule has 0 unspecified atom stereocenters. The molecule has 3 aromatic heterocycles. The van der Waals surface area contributed by atoms with Crippen LogP contribution >= 0.6 is 0 Å². The number of hydrogen-bond acceptors (Lipinski definition) is 3. The van der Waals surface area contributed by atoms with Gasteiger partial charge in [0.1, 0.15) is 0 Å². The van der Waals surface area contributed by atoms with E-state index >= 15 is 0 Å². The average molecular weight is 751 g/mol. The maximum atomic E-state index is 5.57. The average Bonchev–Trinajstić information content (AvgIpc) is 3.66. The predicted octanol–water partition coefficient (Wildman–Crippen LogP) is 14.2. The highest BCUT2D eigenvalue weighted by atomic mass is 15.0. The molecule has 0 atom stereocenters. The first-order valence-corrected chi connectivity index (χ1v) is 20.0. The van der Waals surface area contributed by atoms with Gasteiger partial charge in [0.25, 0.3) is 0 Å². The molecule has 0 aliphatic heterocycles. The summed E-state index contributed by atoms with van der Waals surface area (Å²) in [4.78, 5) is 15.8. The van der Waals surface area contributed by atoms with Crippen LogP contribution in [0.3, 0.4) is 0 Å². The van der Waals surface area contributed by atoms with Crippen molar-refractivity contribution in [2.75, 3.05) is 0 Å². The monoisotopic (exact) mass is 750 g/mol. The van der Waals surface area contributed by atoms with E-state index in [9.17, 15) is 0 Å². The van der Waals surface area contributed by atoms with E-state index in [1.54, 1.807) is 0 Å². The van der Waals surface area contributed by atoms with Crippen LogP contribution in [0.1, 0.15) is 0 Å². The summed E-state index contributed by atoms with van der Waals surface area (Å²) in [7, 11) is 0. The van der Waals surface area contributed by atoms with Gasteiger partial charge >= 0.3 is 0 Å². The first-order chi connectivity index (χ1) is 29.3. The van der Waals surface area contributed by atoms with E-state index in [1.807, 2.05) is 18.2 Å². The molecule has 0 aliphatic rings. The molecule has 0 N–H and O–H groups in total. The Morgan fingerprint density at radius 1 is 0.305 bits per heavy atom. The Bertz CT molecular complexity index is 3580. The van der Waals surface area contributed by atoms with Crippen LogP contribution in [-0.2, 0) is 0 Å². The fourth-order valence-corrected chi connectivity index (χ4v) is 9.14. The Hall–Kier alpha value is -7.95. The van der Waals surface area contributed by atoms with E-state index < -0.39 is 0 Å². The van der Waals surface area contributed by atoms with Crippen molar-refractivity contribution in [2.24, 2.45) is 0 Å². The Kier molecular flexibility index (Phi) is 7.50. The number of hydrogen-bond donors (Lipinski definition) is 0. The van der Waals surface area contributed by atoms with Crippen LogP contribution < -0.4 is 0 Å². The van der Waals surface area contributed by atoms with Crippen molar-refractivity contribution in [2.45, 2.75) is 0 Å². The summed E-state index contributed by atoms with van der Waals surface area (Å²) >= 11 is 0. The maximum Gasteiger partial charge on any atom is 0.160 e. The molecule has 59 heavy (non-hydrogen) atoms. The highest BCUT2D eigenvalue weighted by Crippen LogP contribution is 2.46. The zero-order chi connectivity index (χ0) is 38.9. The topological polar surface area (TPSA) is 43.6 Å². The van der Waals surface area contributed by atoms with Crippen molar-refractivity contribution >= 4 is 65.2 Å². The molecule has 0 aliphatic carbocycles. The molecule has 0 spiro atoms. The fourth-order valence-electron chi connectivity index (χ4n) is 9.14. The molecular weight excluding hydrogens is 717 g/mol. The van der Waals surface area contributed by atoms with Gasteiger partial charge in [-0.25, -0.2) is 15.0 Å². The van der Waals surface area contributed by atoms with Crippen molar-refractivity contribution in [1.82, 2.24) is 19.5 Å². The van der Waals surface area contributed by atoms with Crippen molar-refractivity contribution in [3.8, 4) is 50.7 Å². The SMILES string of the molecule is c1ccc(-c2nc(-c3ccc(-c4cc5nc(-c6ccccc6)c6ccc7c(c8ccccc8n7-c7ccccc7)c6c5c5ccccc45)cc3)nc3ccccc23)cc1. The molecule has 12 aromatic rings. The van der Waals surface area contributed by atoms with Gasteiger partial charge in [-0.3, -0.25) is 0 Å². The van der Waals surface area contributed by atoms with E-state index in [0.717, 1.165) is 72.1 Å². The van der Waals surface area contributed by atoms with Gasteiger partial charge in [-0.2, -0.15) is 0 Å². The summed E-state index contributed by atoms with van der Waals surface area (Å²) < 4.78 is 2.40. The highest BCUT2D eigenvalue weighted by Gasteiger charge is 2.22. The summed E-state index contributed by atoms with van der Waals surface area (Å²) in [5, 5.41) is 9.38. The number of nitrogens with zero attached hydrogens (tertiary/aromatic N) is 4. The summed E-state index contributed by atoms with van der Waals surface area (Å²) in [5.41, 5.74) is 12.7. The molecule has 0 fully saturated rings. The fraction of sp³-hybridized carbons (Fsp3) is 0. The van der Waals surface area contributed by atoms with Crippen LogP contribution in [0.5, 0.6) is 0 Å². The molecule has 9 aromatic carbocycles. The zero-order valence-corrected chi connectivity index (χ0v) is 31.9. The largest absolute Gasteiger partial charge is 0.309 e. The van der Waals surface area contributed by atoms with E-state index in [1.165, 1.54) is 38.0 Å². The van der Waals surface area contributed by atoms with Crippen molar-refractivity contribution in [1.29, 1.82) is 0 Å². The summed E-state index contributed by atoms with van der Waals surface area (Å²) in [6.45, 7) is 0. The molecule has 12 rings (SSSR count). The second-order valence-electron chi connectivity index (χ2n) is 15.1. The number of pyridine rings is 1. The highest BCUT2D eigenvalue weighted by molar-refractivity contribution is 6.34. The molecule has 4 heteroatoms. The van der Waals surface area contributed by atoms with Gasteiger partial charge in [-0.15, -0.1) is 0 Å². The summed E-state index contributed by atoms with van der Waals surface area (Å²) in [5.74, 6) is 0.705. The Labute approximate surface area is 340 Å². The predicted molar refractivity (Wildman–Crippen MR) is 246 cm³/mol. The first kappa shape index (κ1) is 33.2. The Morgan fingerprint density at radius 2 is 0.881 bits per heavy atom. The normalized spacial score (nSPS) is 11.7. The molecule has 0 amide bonds. The van der Waals surface area contributed by atoms with Crippen LogP contribution in [0.15, 0.2) is 206 Å². The van der Waals surface area contributed by atoms with Gasteiger partial charge in [-0.1, -0.05) is 170 Å². The minimum Gasteiger partial charge on any atom is -0.309 e. The van der Waals surface area contributed by atoms with Gasteiger partial charge in [0, 0.05) is 54.7 Å². The summed E-state index contributed by atoms with van der Waals surface area (Å²) in [6.07, 6.45) is 0. The minimum absolute atomic E-state index is 0.705. The van der Waals surface area contributed by atoms with Gasteiger partial charge in [-0.05, 0) is 58.3 Å². The number of aromatic nitrogens is 4. The molecule has 0 saturated carbocycles. The number of benzene rings is 9. The van der Waals surface area contributed by atoms with Crippen LogP contribution in [-0.4, -0.2) is 19.5 Å². The lowest BCUT2D eigenvalue weighted by Crippen LogP contribution is -1.96. The quantitative estimate of drug-likeness (QED) is 0.165. The van der Waals surface area contributed by atoms with Gasteiger partial charge in [0.05, 0.1) is 33.5 Å². The van der Waals surface area contributed by atoms with Gasteiger partial charge < -0.3 is 4.57 Å². The lowest BCUT2D eigenvalue weighted by Gasteiger charge is -2.17. The number of para-hydroxylation sites is 3. The van der Waals surface area contributed by atoms with Crippen LogP contribution in [0.2, 0.25) is 0 Å². The number of fused-ring (bicyclic) bond motifs is 10. The summed E-state index contributed by atoms with van der Waals surface area (Å²) in [6, 6.07) is 73.1. The second kappa shape index (κ2) is 13.3. The standard InChI is InChI=1S/C55H34N4/c1-4-16-36(17-5-1)53-42-24-12-14-26-46(42)57-55(58-53)38-30-28-35(29-31-38)45-34-47-50(41-23-11-10-22-40(41)45)52-44(54(56-47)37-18-6-2-7-19-37)32-33-49-51(52)43-25-13-15-27-48(43)59(49)39-20-8-3-9-21-39/h1-34H. The van der Waals surface area contributed by atoms with Crippen molar-refractivity contribution in [3.05, 3.63) is 206 Å². The Morgan fingerprint density at radius 3 is 1.61 bits per heavy atom. The first-order valence-electron chi connectivity index (χ1n) is 20.0. The minimum atomic E-state index is 0.705. The third-order valence-electron chi connectivity index (χ3n) is 11.8. The Balaban J connectivity index is 1.12. The maximum absolute atomic E-state index is 5.57. The molecular formula is C55H34N4.